The van der Waals surface area contributed by atoms with Crippen LogP contribution in [0.4, 0.5) is 0 Å². The normalized spacial score (nSPS) is 19.3. The summed E-state index contributed by atoms with van der Waals surface area (Å²) in [6.07, 6.45) is 5.61. The maximum absolute atomic E-state index is 11.3. The number of hydrogen-bond acceptors (Lipinski definition) is 3. The molecule has 0 saturated heterocycles. The summed E-state index contributed by atoms with van der Waals surface area (Å²) in [7, 11) is 0. The molecule has 0 amide bonds. The Balaban J connectivity index is 2.11. The largest absolute Gasteiger partial charge is 0.454 e. The minimum Gasteiger partial charge on any atom is -0.454 e. The summed E-state index contributed by atoms with van der Waals surface area (Å²) < 4.78 is 5.33. The average molecular weight is 225 g/mol. The standard InChI is InChI=1S/C14H11NO2/c16-14-7-3-6-13(17-14)11-8-9-15-12-5-2-1-4-10(11)12/h1-5,7-9,13H,6H2/t13-/m1/s1. The fourth-order valence-corrected chi connectivity index (χ4v) is 2.10. The molecule has 0 unspecified atom stereocenters. The second-order valence-corrected chi connectivity index (χ2v) is 3.98. The van der Waals surface area contributed by atoms with Crippen LogP contribution >= 0.6 is 0 Å². The first-order valence-corrected chi connectivity index (χ1v) is 5.55. The molecule has 1 aromatic heterocycles. The molecule has 0 saturated carbocycles. The van der Waals surface area contributed by atoms with Gasteiger partial charge >= 0.3 is 5.97 Å². The predicted octanol–water partition coefficient (Wildman–Crippen LogP) is 2.78. The number of hydrogen-bond donors (Lipinski definition) is 0. The van der Waals surface area contributed by atoms with E-state index in [1.165, 1.54) is 6.08 Å². The molecule has 3 rings (SSSR count). The molecule has 1 atom stereocenters. The van der Waals surface area contributed by atoms with Gasteiger partial charge in [-0.2, -0.15) is 0 Å². The van der Waals surface area contributed by atoms with E-state index in [9.17, 15) is 4.79 Å². The van der Waals surface area contributed by atoms with Crippen LogP contribution in [0.2, 0.25) is 0 Å². The summed E-state index contributed by atoms with van der Waals surface area (Å²) >= 11 is 0. The minimum absolute atomic E-state index is 0.194. The number of cyclic esters (lactones) is 1. The molecule has 1 aromatic carbocycles. The van der Waals surface area contributed by atoms with Crippen LogP contribution in [-0.4, -0.2) is 11.0 Å². The molecule has 3 heteroatoms. The average Bonchev–Trinajstić information content (AvgIpc) is 2.38. The van der Waals surface area contributed by atoms with Crippen LogP contribution in [-0.2, 0) is 9.53 Å². The van der Waals surface area contributed by atoms with Crippen molar-refractivity contribution in [2.45, 2.75) is 12.5 Å². The maximum atomic E-state index is 11.3. The second-order valence-electron chi connectivity index (χ2n) is 3.98. The highest BCUT2D eigenvalue weighted by atomic mass is 16.5. The lowest BCUT2D eigenvalue weighted by Crippen LogP contribution is -2.13. The molecule has 0 bridgehead atoms. The number of nitrogens with zero attached hydrogens (tertiary/aromatic N) is 1. The van der Waals surface area contributed by atoms with E-state index in [-0.39, 0.29) is 12.1 Å². The van der Waals surface area contributed by atoms with Gasteiger partial charge < -0.3 is 4.74 Å². The number of benzene rings is 1. The van der Waals surface area contributed by atoms with Gasteiger partial charge in [-0.05, 0) is 12.1 Å². The van der Waals surface area contributed by atoms with Gasteiger partial charge in [-0.3, -0.25) is 4.98 Å². The van der Waals surface area contributed by atoms with Crippen molar-refractivity contribution in [3.63, 3.8) is 0 Å². The SMILES string of the molecule is O=C1C=CC[C@H](c2ccnc3ccccc23)O1. The molecule has 0 aliphatic carbocycles. The van der Waals surface area contributed by atoms with Gasteiger partial charge in [0, 0.05) is 29.6 Å². The smallest absolute Gasteiger partial charge is 0.331 e. The lowest BCUT2D eigenvalue weighted by molar-refractivity contribution is -0.144. The van der Waals surface area contributed by atoms with E-state index in [2.05, 4.69) is 4.98 Å². The Bertz CT molecular complexity index is 599. The van der Waals surface area contributed by atoms with Gasteiger partial charge in [0.05, 0.1) is 5.52 Å². The number of para-hydroxylation sites is 1. The molecule has 2 aromatic rings. The highest BCUT2D eigenvalue weighted by molar-refractivity contribution is 5.85. The van der Waals surface area contributed by atoms with Gasteiger partial charge in [0.1, 0.15) is 6.10 Å². The molecule has 3 nitrogen and oxygen atoms in total. The first-order chi connectivity index (χ1) is 8.34. The van der Waals surface area contributed by atoms with E-state index >= 15 is 0 Å². The molecule has 17 heavy (non-hydrogen) atoms. The number of esters is 1. The molecule has 1 aliphatic heterocycles. The van der Waals surface area contributed by atoms with E-state index in [4.69, 9.17) is 4.74 Å². The van der Waals surface area contributed by atoms with Crippen LogP contribution in [0, 0.1) is 0 Å². The Labute approximate surface area is 98.7 Å². The van der Waals surface area contributed by atoms with Crippen molar-refractivity contribution in [1.82, 2.24) is 4.98 Å². The van der Waals surface area contributed by atoms with Crippen molar-refractivity contribution in [3.05, 3.63) is 54.2 Å². The maximum Gasteiger partial charge on any atom is 0.331 e. The number of carbonyl (C=O) groups excluding carboxylic acids is 1. The van der Waals surface area contributed by atoms with E-state index in [1.807, 2.05) is 36.4 Å². The number of aromatic nitrogens is 1. The number of rotatable bonds is 1. The number of pyridine rings is 1. The fraction of sp³-hybridized carbons (Fsp3) is 0.143. The third-order valence-electron chi connectivity index (χ3n) is 2.89. The highest BCUT2D eigenvalue weighted by Gasteiger charge is 2.19. The molecule has 0 fully saturated rings. The van der Waals surface area contributed by atoms with Crippen molar-refractivity contribution in [2.75, 3.05) is 0 Å². The van der Waals surface area contributed by atoms with Gasteiger partial charge in [0.2, 0.25) is 0 Å². The molecular formula is C14H11NO2. The monoisotopic (exact) mass is 225 g/mol. The summed E-state index contributed by atoms with van der Waals surface area (Å²) in [5, 5.41) is 1.04. The van der Waals surface area contributed by atoms with Gasteiger partial charge in [0.15, 0.2) is 0 Å². The predicted molar refractivity (Wildman–Crippen MR) is 64.3 cm³/mol. The van der Waals surface area contributed by atoms with Crippen LogP contribution < -0.4 is 0 Å². The zero-order chi connectivity index (χ0) is 11.7. The summed E-state index contributed by atoms with van der Waals surface area (Å²) in [6, 6.07) is 9.79. The number of ether oxygens (including phenoxy) is 1. The topological polar surface area (TPSA) is 39.2 Å². The number of carbonyl (C=O) groups is 1. The fourth-order valence-electron chi connectivity index (χ4n) is 2.10. The Morgan fingerprint density at radius 1 is 1.24 bits per heavy atom. The van der Waals surface area contributed by atoms with Crippen LogP contribution in [0.3, 0.4) is 0 Å². The van der Waals surface area contributed by atoms with E-state index < -0.39 is 0 Å². The third-order valence-corrected chi connectivity index (χ3v) is 2.89. The minimum atomic E-state index is -0.276. The molecule has 2 heterocycles. The van der Waals surface area contributed by atoms with Crippen molar-refractivity contribution in [3.8, 4) is 0 Å². The van der Waals surface area contributed by atoms with Gasteiger partial charge in [-0.1, -0.05) is 24.3 Å². The molecule has 0 radical (unpaired) electrons. The zero-order valence-corrected chi connectivity index (χ0v) is 9.17. The van der Waals surface area contributed by atoms with Crippen molar-refractivity contribution in [2.24, 2.45) is 0 Å². The quantitative estimate of drug-likeness (QED) is 0.700. The molecule has 1 aliphatic rings. The highest BCUT2D eigenvalue weighted by Crippen LogP contribution is 2.30. The van der Waals surface area contributed by atoms with Gasteiger partial charge in [0.25, 0.3) is 0 Å². The Hall–Kier alpha value is -2.16. The lowest BCUT2D eigenvalue weighted by atomic mass is 10.0. The summed E-state index contributed by atoms with van der Waals surface area (Å²) in [5.74, 6) is -0.276. The van der Waals surface area contributed by atoms with Crippen molar-refractivity contribution >= 4 is 16.9 Å². The Morgan fingerprint density at radius 2 is 2.12 bits per heavy atom. The summed E-state index contributed by atoms with van der Waals surface area (Å²) in [5.41, 5.74) is 1.95. The third kappa shape index (κ3) is 1.80. The van der Waals surface area contributed by atoms with Crippen LogP contribution in [0.25, 0.3) is 10.9 Å². The van der Waals surface area contributed by atoms with Crippen LogP contribution in [0.1, 0.15) is 18.1 Å². The van der Waals surface area contributed by atoms with Crippen molar-refractivity contribution in [1.29, 1.82) is 0 Å². The molecular weight excluding hydrogens is 214 g/mol. The van der Waals surface area contributed by atoms with E-state index in [0.717, 1.165) is 22.9 Å². The first-order valence-electron chi connectivity index (χ1n) is 5.55. The number of fused-ring (bicyclic) bond motifs is 1. The van der Waals surface area contributed by atoms with Crippen LogP contribution in [0.15, 0.2) is 48.7 Å². The summed E-state index contributed by atoms with van der Waals surface area (Å²) in [4.78, 5) is 15.6. The van der Waals surface area contributed by atoms with E-state index in [0.29, 0.717) is 0 Å². The second kappa shape index (κ2) is 4.01. The first kappa shape index (κ1) is 10.0. The molecule has 84 valence electrons. The molecule has 0 N–H and O–H groups in total. The summed E-state index contributed by atoms with van der Waals surface area (Å²) in [6.45, 7) is 0. The zero-order valence-electron chi connectivity index (χ0n) is 9.17. The Morgan fingerprint density at radius 3 is 3.00 bits per heavy atom. The van der Waals surface area contributed by atoms with Crippen LogP contribution in [0.5, 0.6) is 0 Å². The lowest BCUT2D eigenvalue weighted by Gasteiger charge is -2.20. The molecule has 0 spiro atoms. The Kier molecular flexibility index (Phi) is 2.37. The van der Waals surface area contributed by atoms with E-state index in [1.54, 1.807) is 6.20 Å². The van der Waals surface area contributed by atoms with Gasteiger partial charge in [-0.15, -0.1) is 0 Å². The van der Waals surface area contributed by atoms with Gasteiger partial charge in [-0.25, -0.2) is 4.79 Å². The van der Waals surface area contributed by atoms with Crippen molar-refractivity contribution < 1.29 is 9.53 Å².